The predicted molar refractivity (Wildman–Crippen MR) is 80.7 cm³/mol. The molecule has 4 N–H and O–H groups in total. The molecule has 0 heterocycles. The van der Waals surface area contributed by atoms with Crippen molar-refractivity contribution in [2.75, 3.05) is 0 Å². The van der Waals surface area contributed by atoms with E-state index in [0.29, 0.717) is 25.2 Å². The van der Waals surface area contributed by atoms with Gasteiger partial charge in [-0.25, -0.2) is 0 Å². The predicted octanol–water partition coefficient (Wildman–Crippen LogP) is 2.77. The molecular weight excluding hydrogens is 254 g/mol. The molecule has 116 valence electrons. The van der Waals surface area contributed by atoms with Crippen LogP contribution in [0.5, 0.6) is 0 Å². The Bertz CT molecular complexity index is 330. The Labute approximate surface area is 122 Å². The van der Waals surface area contributed by atoms with Crippen LogP contribution in [0.2, 0.25) is 0 Å². The Kier molecular flexibility index (Phi) is 6.82. The first-order valence-electron chi connectivity index (χ1n) is 7.87. The molecule has 0 aliphatic heterocycles. The molecule has 0 aromatic heterocycles. The third-order valence-corrected chi connectivity index (χ3v) is 4.63. The number of amides is 1. The molecule has 1 aliphatic rings. The van der Waals surface area contributed by atoms with Crippen molar-refractivity contribution in [2.24, 2.45) is 16.8 Å². The summed E-state index contributed by atoms with van der Waals surface area (Å²) in [5, 5.41) is 15.0. The molecule has 20 heavy (non-hydrogen) atoms. The fraction of sp³-hybridized carbons (Fsp3) is 0.867. The lowest BCUT2D eigenvalue weighted by Gasteiger charge is -2.32. The minimum atomic E-state index is -0.712. The van der Waals surface area contributed by atoms with Crippen molar-refractivity contribution in [1.29, 1.82) is 0 Å². The van der Waals surface area contributed by atoms with E-state index in [1.54, 1.807) is 0 Å². The lowest BCUT2D eigenvalue weighted by atomic mass is 9.90. The summed E-state index contributed by atoms with van der Waals surface area (Å²) in [5.74, 6) is 0.597. The normalized spacial score (nSPS) is 18.6. The van der Waals surface area contributed by atoms with Gasteiger partial charge in [0.15, 0.2) is 5.84 Å². The first kappa shape index (κ1) is 16.8. The summed E-state index contributed by atoms with van der Waals surface area (Å²) in [6.07, 6.45) is 9.11. The number of nitrogens with one attached hydrogen (secondary N) is 1. The smallest absolute Gasteiger partial charge is 0.221 e. The van der Waals surface area contributed by atoms with Gasteiger partial charge in [0.1, 0.15) is 5.54 Å². The zero-order valence-electron chi connectivity index (χ0n) is 12.8. The van der Waals surface area contributed by atoms with Gasteiger partial charge in [0.25, 0.3) is 0 Å². The lowest BCUT2D eigenvalue weighted by molar-refractivity contribution is -0.123. The maximum Gasteiger partial charge on any atom is 0.221 e. The van der Waals surface area contributed by atoms with E-state index in [0.717, 1.165) is 12.8 Å². The van der Waals surface area contributed by atoms with E-state index in [1.165, 1.54) is 25.7 Å². The van der Waals surface area contributed by atoms with Gasteiger partial charge in [-0.2, -0.15) is 0 Å². The molecule has 1 rings (SSSR count). The second-order valence-electron chi connectivity index (χ2n) is 5.88. The zero-order chi connectivity index (χ0) is 15.0. The molecule has 1 amide bonds. The maximum atomic E-state index is 12.3. The first-order chi connectivity index (χ1) is 9.57. The molecule has 0 aromatic carbocycles. The Balaban J connectivity index is 2.61. The van der Waals surface area contributed by atoms with Crippen LogP contribution in [-0.4, -0.2) is 22.5 Å². The highest BCUT2D eigenvalue weighted by atomic mass is 16.4. The summed E-state index contributed by atoms with van der Waals surface area (Å²) in [6.45, 7) is 3.88. The number of carbonyl (C=O) groups excluding carboxylic acids is 1. The molecule has 0 saturated heterocycles. The van der Waals surface area contributed by atoms with Crippen molar-refractivity contribution in [3.05, 3.63) is 0 Å². The molecule has 0 bridgehead atoms. The highest BCUT2D eigenvalue weighted by molar-refractivity contribution is 5.93. The van der Waals surface area contributed by atoms with Crippen LogP contribution in [0, 0.1) is 5.92 Å². The number of nitrogens with two attached hydrogens (primary N) is 1. The molecule has 0 spiro atoms. The van der Waals surface area contributed by atoms with Gasteiger partial charge >= 0.3 is 0 Å². The number of oxime groups is 1. The van der Waals surface area contributed by atoms with Crippen LogP contribution in [-0.2, 0) is 4.79 Å². The number of amidine groups is 1. The second kappa shape index (κ2) is 8.12. The van der Waals surface area contributed by atoms with E-state index >= 15 is 0 Å². The van der Waals surface area contributed by atoms with Crippen molar-refractivity contribution in [3.63, 3.8) is 0 Å². The third-order valence-electron chi connectivity index (χ3n) is 4.63. The quantitative estimate of drug-likeness (QED) is 0.230. The number of rotatable bonds is 6. The number of carbonyl (C=O) groups is 1. The van der Waals surface area contributed by atoms with Crippen LogP contribution in [0.15, 0.2) is 5.16 Å². The van der Waals surface area contributed by atoms with E-state index < -0.39 is 5.54 Å². The SMILES string of the molecule is CCC(CC)(NC(=O)CC1CCCCCC1)C(N)=NO. The average molecular weight is 283 g/mol. The molecule has 1 aliphatic carbocycles. The molecule has 0 unspecified atom stereocenters. The van der Waals surface area contributed by atoms with Gasteiger partial charge in [-0.3, -0.25) is 4.79 Å². The minimum absolute atomic E-state index is 0.0206. The fourth-order valence-electron chi connectivity index (χ4n) is 3.10. The summed E-state index contributed by atoms with van der Waals surface area (Å²) in [6, 6.07) is 0. The van der Waals surface area contributed by atoms with Gasteiger partial charge < -0.3 is 16.3 Å². The van der Waals surface area contributed by atoms with Crippen molar-refractivity contribution < 1.29 is 10.0 Å². The van der Waals surface area contributed by atoms with Crippen molar-refractivity contribution >= 4 is 11.7 Å². The molecule has 0 radical (unpaired) electrons. The summed E-state index contributed by atoms with van der Waals surface area (Å²) in [4.78, 5) is 12.3. The monoisotopic (exact) mass is 283 g/mol. The van der Waals surface area contributed by atoms with E-state index in [4.69, 9.17) is 10.9 Å². The van der Waals surface area contributed by atoms with E-state index in [1.807, 2.05) is 13.8 Å². The maximum absolute atomic E-state index is 12.3. The standard InChI is InChI=1S/C15H29N3O2/c1-3-15(4-2,14(16)18-20)17-13(19)11-12-9-7-5-6-8-10-12/h12,20H,3-11H2,1-2H3,(H2,16,18)(H,17,19). The number of hydrogen-bond acceptors (Lipinski definition) is 3. The van der Waals surface area contributed by atoms with Gasteiger partial charge in [-0.1, -0.05) is 44.7 Å². The van der Waals surface area contributed by atoms with E-state index in [9.17, 15) is 4.79 Å². The topological polar surface area (TPSA) is 87.7 Å². The van der Waals surface area contributed by atoms with Gasteiger partial charge in [-0.15, -0.1) is 0 Å². The van der Waals surface area contributed by atoms with E-state index in [-0.39, 0.29) is 11.7 Å². The van der Waals surface area contributed by atoms with Crippen LogP contribution in [0.1, 0.15) is 71.6 Å². The lowest BCUT2D eigenvalue weighted by Crippen LogP contribution is -2.57. The van der Waals surface area contributed by atoms with Crippen LogP contribution < -0.4 is 11.1 Å². The summed E-state index contributed by atoms with van der Waals surface area (Å²) < 4.78 is 0. The summed E-state index contributed by atoms with van der Waals surface area (Å²) in [5.41, 5.74) is 5.05. The Morgan fingerprint density at radius 2 is 1.80 bits per heavy atom. The zero-order valence-corrected chi connectivity index (χ0v) is 12.8. The van der Waals surface area contributed by atoms with Crippen molar-refractivity contribution in [1.82, 2.24) is 5.32 Å². The van der Waals surface area contributed by atoms with E-state index in [2.05, 4.69) is 10.5 Å². The van der Waals surface area contributed by atoms with Crippen LogP contribution >= 0.6 is 0 Å². The molecule has 5 heteroatoms. The van der Waals surface area contributed by atoms with Crippen LogP contribution in [0.3, 0.4) is 0 Å². The van der Waals surface area contributed by atoms with Crippen LogP contribution in [0.4, 0.5) is 0 Å². The molecule has 1 saturated carbocycles. The summed E-state index contributed by atoms with van der Waals surface area (Å²) in [7, 11) is 0. The first-order valence-corrected chi connectivity index (χ1v) is 7.87. The second-order valence-corrected chi connectivity index (χ2v) is 5.88. The van der Waals surface area contributed by atoms with Crippen LogP contribution in [0.25, 0.3) is 0 Å². The molecular formula is C15H29N3O2. The van der Waals surface area contributed by atoms with Gasteiger partial charge in [0, 0.05) is 6.42 Å². The third kappa shape index (κ3) is 4.39. The highest BCUT2D eigenvalue weighted by Crippen LogP contribution is 2.26. The van der Waals surface area contributed by atoms with Gasteiger partial charge in [-0.05, 0) is 31.6 Å². The highest BCUT2D eigenvalue weighted by Gasteiger charge is 2.33. The Morgan fingerprint density at radius 1 is 1.25 bits per heavy atom. The molecule has 1 fully saturated rings. The van der Waals surface area contributed by atoms with Gasteiger partial charge in [0.2, 0.25) is 5.91 Å². The molecule has 0 aromatic rings. The average Bonchev–Trinajstić information content (AvgIpc) is 2.72. The number of hydrogen-bond donors (Lipinski definition) is 3. The van der Waals surface area contributed by atoms with Crippen molar-refractivity contribution in [3.8, 4) is 0 Å². The largest absolute Gasteiger partial charge is 0.409 e. The van der Waals surface area contributed by atoms with Gasteiger partial charge in [0.05, 0.1) is 0 Å². The minimum Gasteiger partial charge on any atom is -0.409 e. The summed E-state index contributed by atoms with van der Waals surface area (Å²) >= 11 is 0. The van der Waals surface area contributed by atoms with Crippen molar-refractivity contribution in [2.45, 2.75) is 77.2 Å². The Hall–Kier alpha value is -1.26. The number of nitrogens with zero attached hydrogens (tertiary/aromatic N) is 1. The molecule has 5 nitrogen and oxygen atoms in total. The fourth-order valence-corrected chi connectivity index (χ4v) is 3.10. The Morgan fingerprint density at radius 3 is 2.25 bits per heavy atom. The molecule has 0 atom stereocenters.